The number of halogens is 1. The van der Waals surface area contributed by atoms with E-state index in [0.717, 1.165) is 22.3 Å². The third-order valence-corrected chi connectivity index (χ3v) is 4.57. The molecule has 0 radical (unpaired) electrons. The van der Waals surface area contributed by atoms with Crippen molar-refractivity contribution >= 4 is 16.8 Å². The predicted octanol–water partition coefficient (Wildman–Crippen LogP) is 2.48. The molecule has 0 aliphatic rings. The summed E-state index contributed by atoms with van der Waals surface area (Å²) in [6.07, 6.45) is 5.92. The van der Waals surface area contributed by atoms with Gasteiger partial charge in [-0.1, -0.05) is 5.21 Å². The molecule has 3 heterocycles. The highest BCUT2D eigenvalue weighted by molar-refractivity contribution is 5.98. The van der Waals surface area contributed by atoms with Gasteiger partial charge in [-0.3, -0.25) is 19.4 Å². The van der Waals surface area contributed by atoms with Crippen LogP contribution in [-0.2, 0) is 19.5 Å². The van der Waals surface area contributed by atoms with E-state index in [4.69, 9.17) is 0 Å². The number of carbonyl (C=O) groups excluding carboxylic acids is 1. The van der Waals surface area contributed by atoms with E-state index in [2.05, 4.69) is 30.6 Å². The van der Waals surface area contributed by atoms with E-state index in [0.29, 0.717) is 29.9 Å². The molecule has 0 saturated heterocycles. The number of carbonyl (C=O) groups is 1. The van der Waals surface area contributed by atoms with Crippen molar-refractivity contribution in [2.45, 2.75) is 33.4 Å². The van der Waals surface area contributed by atoms with Crippen molar-refractivity contribution in [3.8, 4) is 0 Å². The maximum absolute atomic E-state index is 13.5. The Morgan fingerprint density at radius 1 is 1.21 bits per heavy atom. The van der Waals surface area contributed by atoms with Crippen LogP contribution in [0.25, 0.3) is 10.9 Å². The second-order valence-electron chi connectivity index (χ2n) is 6.92. The molecule has 0 atom stereocenters. The number of nitrogens with one attached hydrogen (secondary N) is 2. The summed E-state index contributed by atoms with van der Waals surface area (Å²) in [4.78, 5) is 23.9. The van der Waals surface area contributed by atoms with Crippen LogP contribution in [0.4, 0.5) is 4.39 Å². The Kier molecular flexibility index (Phi) is 5.03. The molecule has 0 aliphatic heterocycles. The van der Waals surface area contributed by atoms with Crippen LogP contribution in [0, 0.1) is 19.7 Å². The van der Waals surface area contributed by atoms with Gasteiger partial charge in [0, 0.05) is 36.3 Å². The number of aromatic amines is 1. The van der Waals surface area contributed by atoms with Gasteiger partial charge in [0.25, 0.3) is 5.91 Å². The minimum Gasteiger partial charge on any atom is -0.350 e. The molecule has 0 saturated carbocycles. The summed E-state index contributed by atoms with van der Waals surface area (Å²) in [5.41, 5.74) is 4.15. The van der Waals surface area contributed by atoms with Gasteiger partial charge in [-0.2, -0.15) is 0 Å². The summed E-state index contributed by atoms with van der Waals surface area (Å²) in [7, 11) is 0. The number of amides is 1. The zero-order valence-corrected chi connectivity index (χ0v) is 16.1. The Labute approximate surface area is 166 Å². The number of aromatic nitrogens is 6. The van der Waals surface area contributed by atoms with E-state index in [1.807, 2.05) is 13.8 Å². The zero-order valence-electron chi connectivity index (χ0n) is 16.1. The third-order valence-electron chi connectivity index (χ3n) is 4.57. The Morgan fingerprint density at radius 2 is 2.07 bits per heavy atom. The fraction of sp³-hybridized carbons (Fsp3) is 0.250. The Morgan fingerprint density at radius 3 is 2.90 bits per heavy atom. The molecule has 0 unspecified atom stereocenters. The first-order chi connectivity index (χ1) is 14.0. The molecular formula is C20H20FN7O. The molecule has 1 aromatic carbocycles. The van der Waals surface area contributed by atoms with Crippen molar-refractivity contribution in [1.82, 2.24) is 35.3 Å². The van der Waals surface area contributed by atoms with E-state index in [-0.39, 0.29) is 18.3 Å². The average molecular weight is 393 g/mol. The first-order valence-corrected chi connectivity index (χ1v) is 9.21. The van der Waals surface area contributed by atoms with Crippen LogP contribution in [0.5, 0.6) is 0 Å². The van der Waals surface area contributed by atoms with Crippen molar-refractivity contribution in [3.05, 3.63) is 70.9 Å². The second kappa shape index (κ2) is 7.78. The highest BCUT2D eigenvalue weighted by Gasteiger charge is 2.12. The van der Waals surface area contributed by atoms with E-state index >= 15 is 0 Å². The lowest BCUT2D eigenvalue weighted by Crippen LogP contribution is -2.23. The molecule has 8 nitrogen and oxygen atoms in total. The first-order valence-electron chi connectivity index (χ1n) is 9.21. The minimum absolute atomic E-state index is 0.242. The predicted molar refractivity (Wildman–Crippen MR) is 105 cm³/mol. The number of hydrogen-bond acceptors (Lipinski definition) is 5. The molecule has 2 N–H and O–H groups in total. The quantitative estimate of drug-likeness (QED) is 0.524. The molecule has 29 heavy (non-hydrogen) atoms. The van der Waals surface area contributed by atoms with Gasteiger partial charge in [-0.15, -0.1) is 5.10 Å². The number of H-pyrrole nitrogens is 1. The minimum atomic E-state index is -0.336. The number of fused-ring (bicyclic) bond motifs is 1. The molecule has 0 fully saturated rings. The SMILES string of the molecule is Cc1cncc(CCn2cc(CNC(=O)c3cc4c(C)cc(F)cc4[nH]3)nn2)n1. The molecule has 4 rings (SSSR count). The fourth-order valence-electron chi connectivity index (χ4n) is 3.16. The summed E-state index contributed by atoms with van der Waals surface area (Å²) in [5, 5.41) is 11.8. The number of benzene rings is 1. The highest BCUT2D eigenvalue weighted by atomic mass is 19.1. The molecule has 3 aromatic heterocycles. The van der Waals surface area contributed by atoms with Gasteiger partial charge in [-0.25, -0.2) is 4.39 Å². The summed E-state index contributed by atoms with van der Waals surface area (Å²) < 4.78 is 15.2. The molecular weight excluding hydrogens is 373 g/mol. The van der Waals surface area contributed by atoms with Crippen molar-refractivity contribution in [2.75, 3.05) is 0 Å². The van der Waals surface area contributed by atoms with Crippen LogP contribution >= 0.6 is 0 Å². The van der Waals surface area contributed by atoms with Crippen molar-refractivity contribution < 1.29 is 9.18 Å². The molecule has 0 bridgehead atoms. The van der Waals surface area contributed by atoms with Crippen LogP contribution in [0.3, 0.4) is 0 Å². The lowest BCUT2D eigenvalue weighted by atomic mass is 10.1. The maximum Gasteiger partial charge on any atom is 0.268 e. The molecule has 0 spiro atoms. The Bertz CT molecular complexity index is 1180. The van der Waals surface area contributed by atoms with Gasteiger partial charge in [0.15, 0.2) is 0 Å². The van der Waals surface area contributed by atoms with E-state index in [1.54, 1.807) is 29.3 Å². The van der Waals surface area contributed by atoms with Crippen LogP contribution in [0.1, 0.15) is 33.1 Å². The largest absolute Gasteiger partial charge is 0.350 e. The van der Waals surface area contributed by atoms with Crippen molar-refractivity contribution in [3.63, 3.8) is 0 Å². The number of rotatable bonds is 6. The Hall–Kier alpha value is -3.62. The van der Waals surface area contributed by atoms with Gasteiger partial charge in [0.2, 0.25) is 0 Å². The van der Waals surface area contributed by atoms with Gasteiger partial charge in [0.05, 0.1) is 24.1 Å². The van der Waals surface area contributed by atoms with Gasteiger partial charge >= 0.3 is 0 Å². The molecule has 148 valence electrons. The average Bonchev–Trinajstić information content (AvgIpc) is 3.31. The van der Waals surface area contributed by atoms with Gasteiger partial charge in [0.1, 0.15) is 17.2 Å². The molecule has 9 heteroatoms. The van der Waals surface area contributed by atoms with Gasteiger partial charge < -0.3 is 10.3 Å². The summed E-state index contributed by atoms with van der Waals surface area (Å²) in [5.74, 6) is -0.623. The smallest absolute Gasteiger partial charge is 0.268 e. The van der Waals surface area contributed by atoms with Crippen molar-refractivity contribution in [2.24, 2.45) is 0 Å². The van der Waals surface area contributed by atoms with Crippen LogP contribution < -0.4 is 5.32 Å². The topological polar surface area (TPSA) is 101 Å². The van der Waals surface area contributed by atoms with Crippen LogP contribution in [-0.4, -0.2) is 35.9 Å². The number of nitrogens with zero attached hydrogens (tertiary/aromatic N) is 5. The summed E-state index contributed by atoms with van der Waals surface area (Å²) in [6, 6.07) is 4.54. The molecule has 4 aromatic rings. The molecule has 0 aliphatic carbocycles. The van der Waals surface area contributed by atoms with Crippen LogP contribution in [0.2, 0.25) is 0 Å². The van der Waals surface area contributed by atoms with Crippen molar-refractivity contribution in [1.29, 1.82) is 0 Å². The first kappa shape index (κ1) is 18.7. The normalized spacial score (nSPS) is 11.1. The van der Waals surface area contributed by atoms with Gasteiger partial charge in [-0.05, 0) is 37.6 Å². The standard InChI is InChI=1S/C20H20FN7O/c1-12-5-14(21)6-18-17(12)7-19(25-18)20(29)23-10-16-11-28(27-26-16)4-3-15-9-22-8-13(2)24-15/h5-9,11,25H,3-4,10H2,1-2H3,(H,23,29). The Balaban J connectivity index is 1.36. The number of hydrogen-bond donors (Lipinski definition) is 2. The van der Waals surface area contributed by atoms with E-state index in [1.165, 1.54) is 12.1 Å². The summed E-state index contributed by atoms with van der Waals surface area (Å²) >= 11 is 0. The highest BCUT2D eigenvalue weighted by Crippen LogP contribution is 2.21. The van der Waals surface area contributed by atoms with Crippen LogP contribution in [0.15, 0.2) is 36.8 Å². The lowest BCUT2D eigenvalue weighted by molar-refractivity contribution is 0.0946. The number of aryl methyl sites for hydroxylation is 4. The van der Waals surface area contributed by atoms with E-state index in [9.17, 15) is 9.18 Å². The lowest BCUT2D eigenvalue weighted by Gasteiger charge is -2.01. The monoisotopic (exact) mass is 393 g/mol. The fourth-order valence-corrected chi connectivity index (χ4v) is 3.16. The summed E-state index contributed by atoms with van der Waals surface area (Å²) in [6.45, 7) is 4.57. The zero-order chi connectivity index (χ0) is 20.4. The van der Waals surface area contributed by atoms with E-state index < -0.39 is 0 Å². The molecule has 1 amide bonds. The third kappa shape index (κ3) is 4.29. The maximum atomic E-state index is 13.5. The second-order valence-corrected chi connectivity index (χ2v) is 6.92.